The largest absolute Gasteiger partial charge is 0.465 e. The lowest BCUT2D eigenvalue weighted by molar-refractivity contribution is -0.123. The van der Waals surface area contributed by atoms with Gasteiger partial charge in [0.2, 0.25) is 5.91 Å². The Labute approximate surface area is 224 Å². The van der Waals surface area contributed by atoms with Gasteiger partial charge < -0.3 is 15.4 Å². The number of nitrogens with one attached hydrogen (secondary N) is 2. The van der Waals surface area contributed by atoms with Crippen molar-refractivity contribution in [1.29, 1.82) is 0 Å². The van der Waals surface area contributed by atoms with Crippen molar-refractivity contribution < 1.29 is 19.1 Å². The van der Waals surface area contributed by atoms with Crippen molar-refractivity contribution in [1.82, 2.24) is 10.6 Å². The van der Waals surface area contributed by atoms with Gasteiger partial charge in [-0.25, -0.2) is 4.79 Å². The van der Waals surface area contributed by atoms with Gasteiger partial charge in [-0.1, -0.05) is 86.0 Å². The Hall–Kier alpha value is -3.93. The van der Waals surface area contributed by atoms with Crippen LogP contribution in [0.3, 0.4) is 0 Å². The zero-order chi connectivity index (χ0) is 26.7. The van der Waals surface area contributed by atoms with Crippen LogP contribution in [0.15, 0.2) is 84.9 Å². The van der Waals surface area contributed by atoms with Crippen LogP contribution < -0.4 is 10.6 Å². The topological polar surface area (TPSA) is 84.5 Å². The molecule has 1 saturated carbocycles. The van der Waals surface area contributed by atoms with E-state index in [1.54, 1.807) is 18.2 Å². The van der Waals surface area contributed by atoms with E-state index >= 15 is 0 Å². The van der Waals surface area contributed by atoms with Crippen LogP contribution in [0, 0.1) is 5.92 Å². The highest BCUT2D eigenvalue weighted by atomic mass is 16.5. The number of hydrogen-bond acceptors (Lipinski definition) is 4. The van der Waals surface area contributed by atoms with Gasteiger partial charge in [-0.05, 0) is 60.4 Å². The second-order valence-electron chi connectivity index (χ2n) is 9.95. The lowest BCUT2D eigenvalue weighted by Crippen LogP contribution is -2.46. The number of amides is 2. The van der Waals surface area contributed by atoms with Crippen molar-refractivity contribution in [2.75, 3.05) is 7.11 Å². The van der Waals surface area contributed by atoms with Gasteiger partial charge in [-0.15, -0.1) is 0 Å². The minimum absolute atomic E-state index is 0.210. The summed E-state index contributed by atoms with van der Waals surface area (Å²) >= 11 is 0. The number of carbonyl (C=O) groups is 3. The second kappa shape index (κ2) is 13.6. The normalized spacial score (nSPS) is 16.8. The summed E-state index contributed by atoms with van der Waals surface area (Å²) in [5.41, 5.74) is 3.04. The second-order valence-corrected chi connectivity index (χ2v) is 9.95. The third kappa shape index (κ3) is 7.78. The Morgan fingerprint density at radius 1 is 0.868 bits per heavy atom. The van der Waals surface area contributed by atoms with Crippen LogP contribution in [0.5, 0.6) is 0 Å². The minimum atomic E-state index is -0.661. The zero-order valence-electron chi connectivity index (χ0n) is 21.9. The Morgan fingerprint density at radius 2 is 1.58 bits per heavy atom. The van der Waals surface area contributed by atoms with Gasteiger partial charge >= 0.3 is 5.97 Å². The molecule has 1 aliphatic carbocycles. The molecule has 0 aliphatic heterocycles. The quantitative estimate of drug-likeness (QED) is 0.229. The zero-order valence-corrected chi connectivity index (χ0v) is 21.9. The van der Waals surface area contributed by atoms with E-state index in [2.05, 4.69) is 41.0 Å². The van der Waals surface area contributed by atoms with E-state index in [0.717, 1.165) is 30.7 Å². The predicted molar refractivity (Wildman–Crippen MR) is 148 cm³/mol. The summed E-state index contributed by atoms with van der Waals surface area (Å²) in [6, 6.07) is 26.1. The summed E-state index contributed by atoms with van der Waals surface area (Å²) in [6.45, 7) is 0.395. The van der Waals surface area contributed by atoms with Gasteiger partial charge in [-0.3, -0.25) is 9.59 Å². The van der Waals surface area contributed by atoms with Gasteiger partial charge in [0.15, 0.2) is 0 Å². The molecule has 3 aromatic rings. The molecule has 6 heteroatoms. The summed E-state index contributed by atoms with van der Waals surface area (Å²) in [5, 5.41) is 5.85. The number of benzene rings is 3. The van der Waals surface area contributed by atoms with E-state index in [-0.39, 0.29) is 11.8 Å². The Balaban J connectivity index is 1.30. The summed E-state index contributed by atoms with van der Waals surface area (Å²) in [4.78, 5) is 38.0. The molecular weight excluding hydrogens is 476 g/mol. The highest BCUT2D eigenvalue weighted by Gasteiger charge is 2.37. The Morgan fingerprint density at radius 3 is 2.32 bits per heavy atom. The smallest absolute Gasteiger partial charge is 0.337 e. The van der Waals surface area contributed by atoms with Crippen LogP contribution in [-0.2, 0) is 16.1 Å². The van der Waals surface area contributed by atoms with Gasteiger partial charge in [-0.2, -0.15) is 0 Å². The molecule has 2 N–H and O–H groups in total. The molecule has 6 nitrogen and oxygen atoms in total. The van der Waals surface area contributed by atoms with E-state index in [0.29, 0.717) is 30.0 Å². The number of carbonyl (C=O) groups excluding carboxylic acids is 3. The van der Waals surface area contributed by atoms with Crippen molar-refractivity contribution in [3.63, 3.8) is 0 Å². The molecule has 0 spiro atoms. The van der Waals surface area contributed by atoms with Crippen LogP contribution >= 0.6 is 0 Å². The maximum absolute atomic E-state index is 13.1. The summed E-state index contributed by atoms with van der Waals surface area (Å²) < 4.78 is 4.76. The molecule has 2 amide bonds. The predicted octanol–water partition coefficient (Wildman–Crippen LogP) is 5.64. The van der Waals surface area contributed by atoms with Crippen LogP contribution in [0.25, 0.3) is 0 Å². The lowest BCUT2D eigenvalue weighted by atomic mass is 10.0. The maximum atomic E-state index is 13.1. The summed E-state index contributed by atoms with van der Waals surface area (Å²) in [5.74, 6) is 0.329. The van der Waals surface area contributed by atoms with Gasteiger partial charge in [0, 0.05) is 12.1 Å². The molecule has 0 heterocycles. The average Bonchev–Trinajstić information content (AvgIpc) is 3.75. The number of rotatable bonds is 13. The highest BCUT2D eigenvalue weighted by Crippen LogP contribution is 2.50. The number of methoxy groups -OCH3 is 1. The molecule has 3 aromatic carbocycles. The van der Waals surface area contributed by atoms with Crippen molar-refractivity contribution in [2.24, 2.45) is 5.92 Å². The average molecular weight is 513 g/mol. The third-order valence-electron chi connectivity index (χ3n) is 7.20. The Bertz CT molecular complexity index is 1210. The minimum Gasteiger partial charge on any atom is -0.465 e. The van der Waals surface area contributed by atoms with Crippen LogP contribution in [-0.4, -0.2) is 30.9 Å². The third-order valence-corrected chi connectivity index (χ3v) is 7.20. The summed E-state index contributed by atoms with van der Waals surface area (Å²) in [6.07, 6.45) is 5.96. The van der Waals surface area contributed by atoms with E-state index in [1.165, 1.54) is 31.6 Å². The van der Waals surface area contributed by atoms with Gasteiger partial charge in [0.25, 0.3) is 5.91 Å². The van der Waals surface area contributed by atoms with Crippen molar-refractivity contribution in [3.8, 4) is 0 Å². The molecule has 0 radical (unpaired) electrons. The number of ether oxygens (including phenoxy) is 1. The summed E-state index contributed by atoms with van der Waals surface area (Å²) in [7, 11) is 1.30. The molecule has 2 unspecified atom stereocenters. The highest BCUT2D eigenvalue weighted by molar-refractivity contribution is 6.00. The fraction of sp³-hybridized carbons (Fsp3) is 0.344. The molecule has 198 valence electrons. The maximum Gasteiger partial charge on any atom is 0.337 e. The SMILES string of the molecule is COC(=O)c1cccc(C(=O)N[C@@H](CCCCCC2CC2c2ccccc2)C(=O)NCc2ccccc2)c1. The monoisotopic (exact) mass is 512 g/mol. The molecule has 1 fully saturated rings. The number of esters is 1. The first-order valence-corrected chi connectivity index (χ1v) is 13.4. The molecule has 4 rings (SSSR count). The van der Waals surface area contributed by atoms with Crippen molar-refractivity contribution in [3.05, 3.63) is 107 Å². The molecular formula is C32H36N2O4. The first-order chi connectivity index (χ1) is 18.5. The fourth-order valence-electron chi connectivity index (χ4n) is 4.93. The Kier molecular flexibility index (Phi) is 9.68. The van der Waals surface area contributed by atoms with Gasteiger partial charge in [0.05, 0.1) is 12.7 Å². The molecule has 3 atom stereocenters. The fourth-order valence-corrected chi connectivity index (χ4v) is 4.93. The number of unbranched alkanes of at least 4 members (excludes halogenated alkanes) is 2. The van der Waals surface area contributed by atoms with Crippen molar-refractivity contribution >= 4 is 17.8 Å². The van der Waals surface area contributed by atoms with Crippen LogP contribution in [0.1, 0.15) is 76.3 Å². The van der Waals surface area contributed by atoms with Crippen LogP contribution in [0.2, 0.25) is 0 Å². The first-order valence-electron chi connectivity index (χ1n) is 13.4. The molecule has 0 aromatic heterocycles. The van der Waals surface area contributed by atoms with E-state index < -0.39 is 12.0 Å². The van der Waals surface area contributed by atoms with Crippen LogP contribution in [0.4, 0.5) is 0 Å². The number of hydrogen-bond donors (Lipinski definition) is 2. The van der Waals surface area contributed by atoms with E-state index in [9.17, 15) is 14.4 Å². The lowest BCUT2D eigenvalue weighted by Gasteiger charge is -2.19. The molecule has 38 heavy (non-hydrogen) atoms. The molecule has 1 aliphatic rings. The van der Waals surface area contributed by atoms with Crippen molar-refractivity contribution in [2.45, 2.75) is 57.0 Å². The first kappa shape index (κ1) is 27.1. The molecule has 0 bridgehead atoms. The van der Waals surface area contributed by atoms with E-state index in [1.807, 2.05) is 30.3 Å². The van der Waals surface area contributed by atoms with Gasteiger partial charge in [0.1, 0.15) is 6.04 Å². The van der Waals surface area contributed by atoms with E-state index in [4.69, 9.17) is 4.74 Å². The molecule has 0 saturated heterocycles. The standard InChI is InChI=1S/C32H36N2O4/c1-38-32(37)27-18-11-17-26(20-27)30(35)34-29(31(36)33-22-23-12-5-2-6-13-23)19-10-4-9-16-25-21-28(25)24-14-7-3-8-15-24/h2-3,5-8,11-15,17-18,20,25,28-29H,4,9-10,16,19,21-22H2,1H3,(H,33,36)(H,34,35)/t25?,28?,29-/m0/s1.